The standard InChI is InChI=1S/C52H37N3/c1-3-11-35(12-4-1)37-19-25-43(26-20-37)53-51-29-23-41(33-47(51)42-24-30-52-48(34-42)45-17-9-10-18-49(45)55-52)40-22-28-50(46(32-40)38-14-5-2-6-15-38)54-44-27-21-36-13-7-8-16-39(36)31-44/h1-34,53-55H. The van der Waals surface area contributed by atoms with Crippen LogP contribution in [0, 0.1) is 0 Å². The summed E-state index contributed by atoms with van der Waals surface area (Å²) in [5.74, 6) is 0. The first kappa shape index (κ1) is 32.3. The topological polar surface area (TPSA) is 39.8 Å². The van der Waals surface area contributed by atoms with Gasteiger partial charge >= 0.3 is 0 Å². The third-order valence-electron chi connectivity index (χ3n) is 10.6. The Labute approximate surface area is 320 Å². The van der Waals surface area contributed by atoms with Crippen molar-refractivity contribution in [2.24, 2.45) is 0 Å². The van der Waals surface area contributed by atoms with Crippen molar-refractivity contribution in [3.8, 4) is 44.5 Å². The average molecular weight is 704 g/mol. The lowest BCUT2D eigenvalue weighted by molar-refractivity contribution is 1.51. The molecule has 0 saturated carbocycles. The fourth-order valence-corrected chi connectivity index (χ4v) is 7.73. The number of hydrogen-bond donors (Lipinski definition) is 3. The molecule has 10 aromatic rings. The van der Waals surface area contributed by atoms with E-state index in [2.05, 4.69) is 222 Å². The second kappa shape index (κ2) is 13.9. The lowest BCUT2D eigenvalue weighted by Crippen LogP contribution is -1.96. The van der Waals surface area contributed by atoms with E-state index in [0.29, 0.717) is 0 Å². The van der Waals surface area contributed by atoms with Crippen LogP contribution in [-0.4, -0.2) is 4.98 Å². The monoisotopic (exact) mass is 703 g/mol. The maximum atomic E-state index is 3.78. The van der Waals surface area contributed by atoms with Gasteiger partial charge in [0.15, 0.2) is 0 Å². The summed E-state index contributed by atoms with van der Waals surface area (Å²) in [4.78, 5) is 3.60. The van der Waals surface area contributed by atoms with Crippen molar-refractivity contribution in [2.45, 2.75) is 0 Å². The van der Waals surface area contributed by atoms with Crippen molar-refractivity contribution in [3.05, 3.63) is 206 Å². The number of H-pyrrole nitrogens is 1. The largest absolute Gasteiger partial charge is 0.355 e. The number of rotatable bonds is 8. The number of aromatic nitrogens is 1. The third-order valence-corrected chi connectivity index (χ3v) is 10.6. The molecule has 55 heavy (non-hydrogen) atoms. The van der Waals surface area contributed by atoms with Crippen molar-refractivity contribution in [1.82, 2.24) is 4.98 Å². The number of aromatic amines is 1. The highest BCUT2D eigenvalue weighted by molar-refractivity contribution is 6.09. The van der Waals surface area contributed by atoms with E-state index in [4.69, 9.17) is 0 Å². The molecule has 0 spiro atoms. The van der Waals surface area contributed by atoms with Crippen LogP contribution < -0.4 is 10.6 Å². The zero-order chi connectivity index (χ0) is 36.6. The Morgan fingerprint density at radius 3 is 1.56 bits per heavy atom. The molecule has 0 fully saturated rings. The molecule has 9 aromatic carbocycles. The van der Waals surface area contributed by atoms with Crippen LogP contribution in [0.1, 0.15) is 0 Å². The third kappa shape index (κ3) is 6.39. The maximum absolute atomic E-state index is 3.78. The molecule has 3 nitrogen and oxygen atoms in total. The smallest absolute Gasteiger partial charge is 0.0465 e. The van der Waals surface area contributed by atoms with Crippen LogP contribution >= 0.6 is 0 Å². The minimum atomic E-state index is 1.04. The molecule has 0 atom stereocenters. The maximum Gasteiger partial charge on any atom is 0.0465 e. The molecule has 260 valence electrons. The predicted molar refractivity (Wildman–Crippen MR) is 235 cm³/mol. The molecular weight excluding hydrogens is 667 g/mol. The van der Waals surface area contributed by atoms with E-state index in [1.54, 1.807) is 0 Å². The van der Waals surface area contributed by atoms with Crippen LogP contribution in [0.5, 0.6) is 0 Å². The average Bonchev–Trinajstić information content (AvgIpc) is 3.63. The van der Waals surface area contributed by atoms with E-state index < -0.39 is 0 Å². The van der Waals surface area contributed by atoms with Gasteiger partial charge in [0.1, 0.15) is 0 Å². The molecule has 0 amide bonds. The molecule has 1 heterocycles. The lowest BCUT2D eigenvalue weighted by Gasteiger charge is -2.17. The zero-order valence-corrected chi connectivity index (χ0v) is 30.1. The second-order valence-electron chi connectivity index (χ2n) is 14.1. The summed E-state index contributed by atoms with van der Waals surface area (Å²) in [6.45, 7) is 0. The molecule has 10 rings (SSSR count). The second-order valence-corrected chi connectivity index (χ2v) is 14.1. The molecule has 0 aliphatic heterocycles. The van der Waals surface area contributed by atoms with Crippen molar-refractivity contribution in [2.75, 3.05) is 10.6 Å². The molecule has 0 saturated heterocycles. The van der Waals surface area contributed by atoms with Crippen LogP contribution in [0.3, 0.4) is 0 Å². The molecule has 3 N–H and O–H groups in total. The van der Waals surface area contributed by atoms with Crippen molar-refractivity contribution in [1.29, 1.82) is 0 Å². The fraction of sp³-hybridized carbons (Fsp3) is 0. The molecular formula is C52H37N3. The Morgan fingerprint density at radius 2 is 0.818 bits per heavy atom. The van der Waals surface area contributed by atoms with Crippen molar-refractivity contribution < 1.29 is 0 Å². The molecule has 0 aliphatic carbocycles. The zero-order valence-electron chi connectivity index (χ0n) is 30.1. The highest BCUT2D eigenvalue weighted by Crippen LogP contribution is 2.40. The summed E-state index contributed by atoms with van der Waals surface area (Å²) >= 11 is 0. The first-order valence-electron chi connectivity index (χ1n) is 18.7. The van der Waals surface area contributed by atoms with Gasteiger partial charge in [-0.1, -0.05) is 140 Å². The normalized spacial score (nSPS) is 11.3. The summed E-state index contributed by atoms with van der Waals surface area (Å²) in [6, 6.07) is 73.7. The van der Waals surface area contributed by atoms with Crippen LogP contribution in [0.15, 0.2) is 206 Å². The van der Waals surface area contributed by atoms with E-state index in [1.807, 2.05) is 0 Å². The van der Waals surface area contributed by atoms with E-state index in [9.17, 15) is 0 Å². The number of fused-ring (bicyclic) bond motifs is 4. The van der Waals surface area contributed by atoms with E-state index in [-0.39, 0.29) is 0 Å². The molecule has 0 radical (unpaired) electrons. The predicted octanol–water partition coefficient (Wildman–Crippen LogP) is 14.6. The van der Waals surface area contributed by atoms with Gasteiger partial charge < -0.3 is 15.6 Å². The Hall–Kier alpha value is -7.36. The van der Waals surface area contributed by atoms with Gasteiger partial charge in [-0.05, 0) is 111 Å². The van der Waals surface area contributed by atoms with Crippen molar-refractivity contribution in [3.63, 3.8) is 0 Å². The number of benzene rings is 9. The van der Waals surface area contributed by atoms with E-state index in [1.165, 1.54) is 32.7 Å². The molecule has 0 bridgehead atoms. The van der Waals surface area contributed by atoms with Crippen LogP contribution in [0.4, 0.5) is 22.7 Å². The summed E-state index contributed by atoms with van der Waals surface area (Å²) in [5, 5.41) is 12.4. The summed E-state index contributed by atoms with van der Waals surface area (Å²) in [5.41, 5.74) is 15.8. The van der Waals surface area contributed by atoms with E-state index >= 15 is 0 Å². The van der Waals surface area contributed by atoms with Crippen molar-refractivity contribution >= 4 is 55.3 Å². The molecule has 3 heteroatoms. The first-order chi connectivity index (χ1) is 27.2. The van der Waals surface area contributed by atoms with Gasteiger partial charge in [-0.15, -0.1) is 0 Å². The molecule has 1 aromatic heterocycles. The van der Waals surface area contributed by atoms with Gasteiger partial charge in [-0.25, -0.2) is 0 Å². The van der Waals surface area contributed by atoms with Gasteiger partial charge in [0.2, 0.25) is 0 Å². The van der Waals surface area contributed by atoms with E-state index in [0.717, 1.165) is 67.2 Å². The number of nitrogens with one attached hydrogen (secondary N) is 3. The Morgan fingerprint density at radius 1 is 0.291 bits per heavy atom. The SMILES string of the molecule is c1ccc(-c2ccc(Nc3ccc(-c4ccc(Nc5ccc6ccccc6c5)c(-c5ccccc5)c4)cc3-c3ccc4[nH]c5ccccc5c4c3)cc2)cc1. The lowest BCUT2D eigenvalue weighted by atomic mass is 9.93. The number of anilines is 4. The van der Waals surface area contributed by atoms with Crippen LogP contribution in [0.25, 0.3) is 77.1 Å². The highest BCUT2D eigenvalue weighted by Gasteiger charge is 2.14. The quantitative estimate of drug-likeness (QED) is 0.147. The van der Waals surface area contributed by atoms with Gasteiger partial charge in [-0.2, -0.15) is 0 Å². The number of hydrogen-bond acceptors (Lipinski definition) is 2. The summed E-state index contributed by atoms with van der Waals surface area (Å²) < 4.78 is 0. The summed E-state index contributed by atoms with van der Waals surface area (Å²) in [7, 11) is 0. The minimum Gasteiger partial charge on any atom is -0.355 e. The Balaban J connectivity index is 1.07. The molecule has 0 aliphatic rings. The number of para-hydroxylation sites is 1. The molecule has 0 unspecified atom stereocenters. The van der Waals surface area contributed by atoms with Gasteiger partial charge in [0, 0.05) is 55.7 Å². The first-order valence-corrected chi connectivity index (χ1v) is 18.7. The Kier molecular flexibility index (Phi) is 8.16. The minimum absolute atomic E-state index is 1.04. The van der Waals surface area contributed by atoms with Gasteiger partial charge in [0.05, 0.1) is 0 Å². The summed E-state index contributed by atoms with van der Waals surface area (Å²) in [6.07, 6.45) is 0. The highest BCUT2D eigenvalue weighted by atomic mass is 14.9. The van der Waals surface area contributed by atoms with Crippen LogP contribution in [0.2, 0.25) is 0 Å². The van der Waals surface area contributed by atoms with Crippen LogP contribution in [-0.2, 0) is 0 Å². The van der Waals surface area contributed by atoms with Gasteiger partial charge in [-0.3, -0.25) is 0 Å². The van der Waals surface area contributed by atoms with Gasteiger partial charge in [0.25, 0.3) is 0 Å². The fourth-order valence-electron chi connectivity index (χ4n) is 7.73. The Bertz CT molecular complexity index is 2960.